The van der Waals surface area contributed by atoms with Gasteiger partial charge in [-0.05, 0) is 0 Å². The Labute approximate surface area is 189 Å². The normalized spacial score (nSPS) is 13.4. The molecule has 0 radical (unpaired) electrons. The molecule has 0 aromatic heterocycles. The third-order valence-corrected chi connectivity index (χ3v) is 5.25. The van der Waals surface area contributed by atoms with E-state index in [1.807, 2.05) is 28.2 Å². The summed E-state index contributed by atoms with van der Waals surface area (Å²) in [5.41, 5.74) is 0. The fourth-order valence-electron chi connectivity index (χ4n) is 2.11. The number of likely N-dealkylation sites (N-methyl/N-ethyl adjacent to an activating group) is 2. The molecule has 16 nitrogen and oxygen atoms in total. The number of hydrogen-bond donors (Lipinski definition) is 4. The Kier molecular flexibility index (Phi) is 15.8. The number of quaternary nitrogens is 2. The quantitative estimate of drug-likeness (QED) is 0.118. The van der Waals surface area contributed by atoms with Gasteiger partial charge in [0.05, 0.1) is 52.8 Å². The molecule has 0 aliphatic rings. The fraction of sp³-hybridized carbons (Fsp3) is 1.00. The van der Waals surface area contributed by atoms with Crippen molar-refractivity contribution in [1.82, 2.24) is 0 Å². The highest BCUT2D eigenvalue weighted by Gasteiger charge is 2.23. The molecule has 0 bridgehead atoms. The zero-order valence-corrected chi connectivity index (χ0v) is 21.3. The van der Waals surface area contributed by atoms with Gasteiger partial charge in [0, 0.05) is 12.8 Å². The minimum Gasteiger partial charge on any atom is -0.726 e. The zero-order chi connectivity index (χ0) is 26.7. The summed E-state index contributed by atoms with van der Waals surface area (Å²) in [6.07, 6.45) is 0.782. The monoisotopic (exact) mass is 556 g/mol. The van der Waals surface area contributed by atoms with Gasteiger partial charge in [-0.15, -0.1) is 0 Å². The third-order valence-electron chi connectivity index (χ3n) is 3.64. The van der Waals surface area contributed by atoms with Crippen molar-refractivity contribution in [3.63, 3.8) is 0 Å². The molecule has 0 aliphatic carbocycles. The van der Waals surface area contributed by atoms with Gasteiger partial charge in [0.15, 0.2) is 0 Å². The Morgan fingerprint density at radius 1 is 0.531 bits per heavy atom. The molecule has 0 rings (SSSR count). The summed E-state index contributed by atoms with van der Waals surface area (Å²) >= 11 is 0. The second-order valence-electron chi connectivity index (χ2n) is 7.90. The lowest BCUT2D eigenvalue weighted by molar-refractivity contribution is -0.945. The van der Waals surface area contributed by atoms with Crippen molar-refractivity contribution in [2.75, 3.05) is 65.9 Å². The highest BCUT2D eigenvalue weighted by Crippen LogP contribution is 2.06. The van der Waals surface area contributed by atoms with E-state index >= 15 is 0 Å². The molecule has 32 heavy (non-hydrogen) atoms. The van der Waals surface area contributed by atoms with Crippen LogP contribution < -0.4 is 0 Å². The van der Waals surface area contributed by atoms with Crippen LogP contribution in [-0.4, -0.2) is 136 Å². The predicted octanol–water partition coefficient (Wildman–Crippen LogP) is -2.30. The topological polar surface area (TPSA) is 264 Å². The molecule has 0 aliphatic heterocycles. The first kappa shape index (κ1) is 36.1. The van der Waals surface area contributed by atoms with Crippen molar-refractivity contribution in [3.8, 4) is 0 Å². The highest BCUT2D eigenvalue weighted by molar-refractivity contribution is 7.86. The Bertz CT molecular complexity index is 857. The van der Waals surface area contributed by atoms with E-state index in [0.717, 1.165) is 13.1 Å². The maximum atomic E-state index is 10.7. The molecule has 0 heterocycles. The van der Waals surface area contributed by atoms with Crippen LogP contribution >= 0.6 is 0 Å². The summed E-state index contributed by atoms with van der Waals surface area (Å²) in [6, 6.07) is 0. The van der Waals surface area contributed by atoms with Gasteiger partial charge in [-0.25, -0.2) is 16.8 Å². The molecule has 0 saturated heterocycles. The molecule has 0 aromatic rings. The number of nitrogens with zero attached hydrogens (tertiary/aromatic N) is 2. The first-order valence-corrected chi connectivity index (χ1v) is 14.5. The van der Waals surface area contributed by atoms with E-state index in [2.05, 4.69) is 0 Å². The van der Waals surface area contributed by atoms with Crippen LogP contribution in [0.4, 0.5) is 0 Å². The lowest BCUT2D eigenvalue weighted by Gasteiger charge is -2.35. The first-order valence-electron chi connectivity index (χ1n) is 8.53. The third kappa shape index (κ3) is 47.3. The largest absolute Gasteiger partial charge is 0.726 e. The van der Waals surface area contributed by atoms with Gasteiger partial charge in [0.1, 0.15) is 13.1 Å². The van der Waals surface area contributed by atoms with Gasteiger partial charge >= 0.3 is 0 Å². The number of rotatable bonds is 11. The SMILES string of the molecule is C[N+](C)(CCCS(=O)(=O)O)CC[N+](C)(C)CCCS(=O)(=O)O.O=S(=O)([O-])O.O=S(=O)([O-])O. The van der Waals surface area contributed by atoms with Crippen LogP contribution in [0.15, 0.2) is 0 Å². The molecular formula is C12H32N2O14S4. The van der Waals surface area contributed by atoms with Crippen LogP contribution in [0, 0.1) is 0 Å². The first-order chi connectivity index (χ1) is 13.6. The van der Waals surface area contributed by atoms with Crippen LogP contribution in [0.2, 0.25) is 0 Å². The van der Waals surface area contributed by atoms with E-state index in [1.165, 1.54) is 0 Å². The maximum absolute atomic E-state index is 10.7. The second kappa shape index (κ2) is 14.0. The molecular weight excluding hydrogens is 524 g/mol. The van der Waals surface area contributed by atoms with E-state index in [9.17, 15) is 16.8 Å². The van der Waals surface area contributed by atoms with Gasteiger partial charge in [-0.2, -0.15) is 16.8 Å². The summed E-state index contributed by atoms with van der Waals surface area (Å²) in [4.78, 5) is 0. The zero-order valence-electron chi connectivity index (χ0n) is 18.1. The van der Waals surface area contributed by atoms with Crippen LogP contribution in [0.3, 0.4) is 0 Å². The standard InChI is InChI=1S/C12H28N2O6S2.2H2O4S/c1-13(2,7-5-11-21(15,16)17)9-10-14(3,4)8-6-12-22(18,19)20;2*1-5(2,3)4/h5-12H2,1-4H3;2*(H2,1,2,3,4). The lowest BCUT2D eigenvalue weighted by Crippen LogP contribution is -2.51. The summed E-state index contributed by atoms with van der Waals surface area (Å²) in [7, 11) is -9.70. The van der Waals surface area contributed by atoms with E-state index in [1.54, 1.807) is 0 Å². The summed E-state index contributed by atoms with van der Waals surface area (Å²) < 4.78 is 127. The smallest absolute Gasteiger partial charge is 0.265 e. The fourth-order valence-corrected chi connectivity index (χ4v) is 3.10. The average Bonchev–Trinajstić information content (AvgIpc) is 2.38. The van der Waals surface area contributed by atoms with Crippen molar-refractivity contribution >= 4 is 41.0 Å². The van der Waals surface area contributed by atoms with E-state index in [0.29, 0.717) is 34.9 Å². The second-order valence-corrected chi connectivity index (χ2v) is 12.8. The Morgan fingerprint density at radius 3 is 0.875 bits per heavy atom. The molecule has 0 aromatic carbocycles. The van der Waals surface area contributed by atoms with Crippen molar-refractivity contribution in [3.05, 3.63) is 0 Å². The van der Waals surface area contributed by atoms with Crippen LogP contribution in [-0.2, 0) is 41.0 Å². The van der Waals surface area contributed by atoms with Crippen molar-refractivity contribution in [1.29, 1.82) is 0 Å². The van der Waals surface area contributed by atoms with E-state index < -0.39 is 41.0 Å². The molecule has 4 N–H and O–H groups in total. The lowest BCUT2D eigenvalue weighted by atomic mass is 10.3. The van der Waals surface area contributed by atoms with Crippen molar-refractivity contribution in [2.45, 2.75) is 12.8 Å². The molecule has 0 unspecified atom stereocenters. The van der Waals surface area contributed by atoms with Gasteiger partial charge < -0.3 is 18.1 Å². The molecule has 0 saturated carbocycles. The van der Waals surface area contributed by atoms with Gasteiger partial charge in [-0.3, -0.25) is 18.2 Å². The maximum Gasteiger partial charge on any atom is 0.265 e. The van der Waals surface area contributed by atoms with Crippen LogP contribution in [0.1, 0.15) is 12.8 Å². The Morgan fingerprint density at radius 2 is 0.719 bits per heavy atom. The van der Waals surface area contributed by atoms with E-state index in [-0.39, 0.29) is 11.5 Å². The van der Waals surface area contributed by atoms with Gasteiger partial charge in [0.2, 0.25) is 20.8 Å². The van der Waals surface area contributed by atoms with Gasteiger partial charge in [-0.1, -0.05) is 0 Å². The van der Waals surface area contributed by atoms with Crippen molar-refractivity contribution < 1.29 is 70.0 Å². The molecule has 0 fully saturated rings. The molecule has 198 valence electrons. The predicted molar refractivity (Wildman–Crippen MR) is 110 cm³/mol. The minimum absolute atomic E-state index is 0.235. The summed E-state index contributed by atoms with van der Waals surface area (Å²) in [6.45, 7) is 2.85. The summed E-state index contributed by atoms with van der Waals surface area (Å²) in [5.74, 6) is -0.470. The van der Waals surface area contributed by atoms with Crippen LogP contribution in [0.25, 0.3) is 0 Å². The molecule has 0 atom stereocenters. The van der Waals surface area contributed by atoms with Crippen molar-refractivity contribution in [2.24, 2.45) is 0 Å². The molecule has 20 heteroatoms. The minimum atomic E-state index is -4.92. The number of hydrogen-bond acceptors (Lipinski definition) is 10. The molecule has 0 spiro atoms. The Hall–Kier alpha value is -0.520. The molecule has 0 amide bonds. The van der Waals surface area contributed by atoms with Gasteiger partial charge in [0.25, 0.3) is 20.2 Å². The Balaban J connectivity index is -0.000000695. The summed E-state index contributed by atoms with van der Waals surface area (Å²) in [5, 5.41) is 0. The average molecular weight is 557 g/mol. The van der Waals surface area contributed by atoms with Crippen LogP contribution in [0.5, 0.6) is 0 Å². The van der Waals surface area contributed by atoms with E-state index in [4.69, 9.17) is 44.2 Å². The highest BCUT2D eigenvalue weighted by atomic mass is 32.3.